The lowest BCUT2D eigenvalue weighted by atomic mass is 10.1. The van der Waals surface area contributed by atoms with Crippen LogP contribution in [0.3, 0.4) is 0 Å². The van der Waals surface area contributed by atoms with E-state index in [0.29, 0.717) is 0 Å². The molecule has 2 N–H and O–H groups in total. The van der Waals surface area contributed by atoms with Crippen LogP contribution in [0.5, 0.6) is 0 Å². The lowest BCUT2D eigenvalue weighted by Crippen LogP contribution is -2.09. The van der Waals surface area contributed by atoms with Crippen LogP contribution in [0.1, 0.15) is 25.3 Å². The number of nitrogens with zero attached hydrogens (tertiary/aromatic N) is 1. The third-order valence-corrected chi connectivity index (χ3v) is 4.18. The SMILES string of the molecule is CCCCc1ccc(N(c2ccccc2)c2ccc(N)cc2)cc1. The summed E-state index contributed by atoms with van der Waals surface area (Å²) in [6, 6.07) is 27.3. The van der Waals surface area contributed by atoms with E-state index < -0.39 is 0 Å². The Hall–Kier alpha value is -2.74. The highest BCUT2D eigenvalue weighted by Gasteiger charge is 2.11. The van der Waals surface area contributed by atoms with Crippen molar-refractivity contribution in [1.82, 2.24) is 0 Å². The van der Waals surface area contributed by atoms with E-state index in [4.69, 9.17) is 5.73 Å². The number of nitrogens with two attached hydrogens (primary N) is 1. The molecule has 0 heterocycles. The molecule has 0 amide bonds. The van der Waals surface area contributed by atoms with Crippen LogP contribution in [0.15, 0.2) is 78.9 Å². The number of hydrogen-bond donors (Lipinski definition) is 1. The number of benzene rings is 3. The van der Waals surface area contributed by atoms with Gasteiger partial charge in [0.15, 0.2) is 0 Å². The molecule has 0 saturated heterocycles. The van der Waals surface area contributed by atoms with Gasteiger partial charge in [-0.1, -0.05) is 43.7 Å². The van der Waals surface area contributed by atoms with Gasteiger partial charge in [0.2, 0.25) is 0 Å². The molecule has 0 aliphatic rings. The molecule has 0 aliphatic carbocycles. The summed E-state index contributed by atoms with van der Waals surface area (Å²) in [5.41, 5.74) is 11.4. The van der Waals surface area contributed by atoms with Crippen LogP contribution in [-0.4, -0.2) is 0 Å². The fourth-order valence-corrected chi connectivity index (χ4v) is 2.84. The van der Waals surface area contributed by atoms with Crippen molar-refractivity contribution in [2.45, 2.75) is 26.2 Å². The molecule has 0 radical (unpaired) electrons. The average molecular weight is 316 g/mol. The van der Waals surface area contributed by atoms with Gasteiger partial charge in [0, 0.05) is 22.7 Å². The smallest absolute Gasteiger partial charge is 0.0463 e. The Morgan fingerprint density at radius 1 is 0.708 bits per heavy atom. The fourth-order valence-electron chi connectivity index (χ4n) is 2.84. The van der Waals surface area contributed by atoms with Crippen LogP contribution < -0.4 is 10.6 Å². The van der Waals surface area contributed by atoms with Gasteiger partial charge in [0.25, 0.3) is 0 Å². The van der Waals surface area contributed by atoms with Crippen LogP contribution >= 0.6 is 0 Å². The first-order chi connectivity index (χ1) is 11.8. The molecule has 0 bridgehead atoms. The van der Waals surface area contributed by atoms with Gasteiger partial charge in [-0.15, -0.1) is 0 Å². The highest BCUT2D eigenvalue weighted by molar-refractivity contribution is 5.77. The van der Waals surface area contributed by atoms with E-state index in [0.717, 1.165) is 29.2 Å². The van der Waals surface area contributed by atoms with E-state index in [1.165, 1.54) is 18.4 Å². The predicted molar refractivity (Wildman–Crippen MR) is 104 cm³/mol. The number of aryl methyl sites for hydroxylation is 1. The first-order valence-corrected chi connectivity index (χ1v) is 8.57. The van der Waals surface area contributed by atoms with Crippen molar-refractivity contribution in [1.29, 1.82) is 0 Å². The van der Waals surface area contributed by atoms with Crippen LogP contribution in [-0.2, 0) is 6.42 Å². The highest BCUT2D eigenvalue weighted by Crippen LogP contribution is 2.34. The maximum atomic E-state index is 5.85. The summed E-state index contributed by atoms with van der Waals surface area (Å²) in [4.78, 5) is 2.25. The van der Waals surface area contributed by atoms with E-state index >= 15 is 0 Å². The standard InChI is InChI=1S/C22H24N2/c1-2-3-7-18-10-14-21(15-11-18)24(20-8-5-4-6-9-20)22-16-12-19(23)13-17-22/h4-6,8-17H,2-3,7,23H2,1H3. The van der Waals surface area contributed by atoms with E-state index in [1.54, 1.807) is 0 Å². The maximum Gasteiger partial charge on any atom is 0.0463 e. The number of para-hydroxylation sites is 1. The van der Waals surface area contributed by atoms with Gasteiger partial charge in [-0.3, -0.25) is 0 Å². The molecule has 0 unspecified atom stereocenters. The zero-order valence-corrected chi connectivity index (χ0v) is 14.2. The zero-order chi connectivity index (χ0) is 16.8. The summed E-state index contributed by atoms with van der Waals surface area (Å²) in [5, 5.41) is 0. The van der Waals surface area contributed by atoms with E-state index in [-0.39, 0.29) is 0 Å². The molecule has 2 heteroatoms. The second kappa shape index (κ2) is 7.69. The van der Waals surface area contributed by atoms with Crippen molar-refractivity contribution >= 4 is 22.7 Å². The highest BCUT2D eigenvalue weighted by atomic mass is 15.1. The lowest BCUT2D eigenvalue weighted by Gasteiger charge is -2.25. The van der Waals surface area contributed by atoms with E-state index in [2.05, 4.69) is 72.5 Å². The Morgan fingerprint density at radius 3 is 1.83 bits per heavy atom. The van der Waals surface area contributed by atoms with Gasteiger partial charge in [0.1, 0.15) is 0 Å². The summed E-state index contributed by atoms with van der Waals surface area (Å²) < 4.78 is 0. The minimum absolute atomic E-state index is 0.779. The Kier molecular flexibility index (Phi) is 5.17. The topological polar surface area (TPSA) is 29.3 Å². The molecular formula is C22H24N2. The molecule has 0 fully saturated rings. The third kappa shape index (κ3) is 3.77. The molecule has 0 aromatic heterocycles. The van der Waals surface area contributed by atoms with Crippen molar-refractivity contribution in [2.75, 3.05) is 10.6 Å². The Morgan fingerprint density at radius 2 is 1.25 bits per heavy atom. The summed E-state index contributed by atoms with van der Waals surface area (Å²) in [6.45, 7) is 2.23. The molecule has 3 aromatic rings. The van der Waals surface area contributed by atoms with Crippen molar-refractivity contribution < 1.29 is 0 Å². The normalized spacial score (nSPS) is 10.5. The quantitative estimate of drug-likeness (QED) is 0.558. The molecule has 3 rings (SSSR count). The third-order valence-electron chi connectivity index (χ3n) is 4.18. The number of nitrogen functional groups attached to an aromatic ring is 1. The monoisotopic (exact) mass is 316 g/mol. The maximum absolute atomic E-state index is 5.85. The molecule has 0 spiro atoms. The van der Waals surface area contributed by atoms with Crippen LogP contribution in [0.2, 0.25) is 0 Å². The van der Waals surface area contributed by atoms with Gasteiger partial charge in [-0.05, 0) is 66.9 Å². The second-order valence-corrected chi connectivity index (χ2v) is 6.03. The minimum atomic E-state index is 0.779. The van der Waals surface area contributed by atoms with Gasteiger partial charge in [-0.2, -0.15) is 0 Å². The first kappa shape index (κ1) is 16.1. The van der Waals surface area contributed by atoms with Crippen LogP contribution in [0, 0.1) is 0 Å². The summed E-state index contributed by atoms with van der Waals surface area (Å²) >= 11 is 0. The van der Waals surface area contributed by atoms with Gasteiger partial charge >= 0.3 is 0 Å². The largest absolute Gasteiger partial charge is 0.399 e. The molecule has 3 aromatic carbocycles. The zero-order valence-electron chi connectivity index (χ0n) is 14.2. The van der Waals surface area contributed by atoms with Crippen molar-refractivity contribution in [3.63, 3.8) is 0 Å². The summed E-state index contributed by atoms with van der Waals surface area (Å²) in [6.07, 6.45) is 3.60. The van der Waals surface area contributed by atoms with Gasteiger partial charge < -0.3 is 10.6 Å². The van der Waals surface area contributed by atoms with E-state index in [9.17, 15) is 0 Å². The summed E-state index contributed by atoms with van der Waals surface area (Å²) in [5.74, 6) is 0. The fraction of sp³-hybridized carbons (Fsp3) is 0.182. The van der Waals surface area contributed by atoms with E-state index in [1.807, 2.05) is 18.2 Å². The molecular weight excluding hydrogens is 292 g/mol. The predicted octanol–water partition coefficient (Wildman–Crippen LogP) is 6.08. The molecule has 2 nitrogen and oxygen atoms in total. The van der Waals surface area contributed by atoms with Crippen molar-refractivity contribution in [3.05, 3.63) is 84.4 Å². The second-order valence-electron chi connectivity index (χ2n) is 6.03. The van der Waals surface area contributed by atoms with Gasteiger partial charge in [0.05, 0.1) is 0 Å². The van der Waals surface area contributed by atoms with Crippen molar-refractivity contribution in [3.8, 4) is 0 Å². The van der Waals surface area contributed by atoms with Crippen LogP contribution in [0.25, 0.3) is 0 Å². The number of rotatable bonds is 6. The first-order valence-electron chi connectivity index (χ1n) is 8.57. The Labute approximate surface area is 144 Å². The molecule has 0 atom stereocenters. The number of unbranched alkanes of at least 4 members (excludes halogenated alkanes) is 1. The molecule has 0 aliphatic heterocycles. The molecule has 122 valence electrons. The number of hydrogen-bond acceptors (Lipinski definition) is 2. The number of anilines is 4. The van der Waals surface area contributed by atoms with Crippen LogP contribution in [0.4, 0.5) is 22.7 Å². The molecule has 0 saturated carbocycles. The van der Waals surface area contributed by atoms with Gasteiger partial charge in [-0.25, -0.2) is 0 Å². The Bertz CT molecular complexity index is 746. The Balaban J connectivity index is 1.97. The van der Waals surface area contributed by atoms with Crippen molar-refractivity contribution in [2.24, 2.45) is 0 Å². The molecule has 24 heavy (non-hydrogen) atoms. The average Bonchev–Trinajstić information content (AvgIpc) is 2.64. The minimum Gasteiger partial charge on any atom is -0.399 e. The lowest BCUT2D eigenvalue weighted by molar-refractivity contribution is 0.795. The summed E-state index contributed by atoms with van der Waals surface area (Å²) in [7, 11) is 0.